The molecule has 5 aromatic rings. The fourth-order valence-electron chi connectivity index (χ4n) is 3.82. The number of aromatic nitrogens is 1. The van der Waals surface area contributed by atoms with E-state index in [2.05, 4.69) is 77.8 Å². The molecule has 0 aliphatic heterocycles. The van der Waals surface area contributed by atoms with Crippen molar-refractivity contribution in [1.82, 2.24) is 4.98 Å². The van der Waals surface area contributed by atoms with Crippen LogP contribution in [0.5, 0.6) is 0 Å². The van der Waals surface area contributed by atoms with Crippen LogP contribution in [0.25, 0.3) is 44.3 Å². The first-order valence-electron chi connectivity index (χ1n) is 10.2. The van der Waals surface area contributed by atoms with E-state index in [1.54, 1.807) is 0 Å². The van der Waals surface area contributed by atoms with Gasteiger partial charge in [-0.25, -0.2) is 0 Å². The number of hydrogen-bond donors (Lipinski definition) is 0. The molecule has 0 atom stereocenters. The largest absolute Gasteiger partial charge is 0.372 e. The zero-order chi connectivity index (χ0) is 22.1. The van der Waals surface area contributed by atoms with Crippen molar-refractivity contribution in [1.29, 1.82) is 0 Å². The Labute approximate surface area is 202 Å². The molecule has 0 aliphatic carbocycles. The second-order valence-corrected chi connectivity index (χ2v) is 16.1. The van der Waals surface area contributed by atoms with E-state index >= 15 is 0 Å². The molecule has 0 saturated heterocycles. The van der Waals surface area contributed by atoms with E-state index in [0.717, 1.165) is 27.2 Å². The molecule has 0 radical (unpaired) electrons. The first-order valence-corrected chi connectivity index (χ1v) is 15.2. The minimum absolute atomic E-state index is 0.797. The third-order valence-corrected chi connectivity index (χ3v) is 8.54. The van der Waals surface area contributed by atoms with Crippen LogP contribution in [0.1, 0.15) is 0 Å². The van der Waals surface area contributed by atoms with E-state index in [1.165, 1.54) is 22.3 Å². The average molecular weight is 491 g/mol. The summed E-state index contributed by atoms with van der Waals surface area (Å²) in [6.07, 6.45) is 1.82. The normalized spacial score (nSPS) is 11.6. The van der Waals surface area contributed by atoms with Crippen LogP contribution in [0.3, 0.4) is 0 Å². The van der Waals surface area contributed by atoms with Gasteiger partial charge in [0.15, 0.2) is 0 Å². The van der Waals surface area contributed by atoms with Gasteiger partial charge in [-0.05, 0) is 56.8 Å². The van der Waals surface area contributed by atoms with Crippen molar-refractivity contribution in [3.8, 4) is 33.4 Å². The maximum Gasteiger partial charge on any atom is 0.372 e. The lowest BCUT2D eigenvalue weighted by Crippen LogP contribution is -2.29. The Morgan fingerprint density at radius 3 is 1.44 bits per heavy atom. The summed E-state index contributed by atoms with van der Waals surface area (Å²) in [5.41, 5.74) is 7.98. The van der Waals surface area contributed by atoms with Crippen molar-refractivity contribution in [2.45, 2.75) is 0 Å². The summed E-state index contributed by atoms with van der Waals surface area (Å²) in [6.45, 7) is 0. The van der Waals surface area contributed by atoms with Crippen LogP contribution in [0.4, 0.5) is 0 Å². The molecular weight excluding hydrogens is 473 g/mol. The summed E-state index contributed by atoms with van der Waals surface area (Å²) in [6, 6.07) is 32.6. The van der Waals surface area contributed by atoms with Crippen molar-refractivity contribution >= 4 is 55.3 Å². The lowest BCUT2D eigenvalue weighted by Gasteiger charge is -2.10. The second-order valence-electron chi connectivity index (χ2n) is 7.64. The number of halogens is 3. The van der Waals surface area contributed by atoms with Crippen LogP contribution in [0, 0.1) is 0 Å². The molecule has 5 rings (SSSR count). The Balaban J connectivity index is 1.37. The molecule has 0 amide bonds. The van der Waals surface area contributed by atoms with Gasteiger partial charge in [-0.1, -0.05) is 84.9 Å². The van der Waals surface area contributed by atoms with Gasteiger partial charge in [-0.2, -0.15) is 0 Å². The minimum atomic E-state index is -2.84. The third-order valence-electron chi connectivity index (χ3n) is 5.59. The van der Waals surface area contributed by atoms with E-state index in [-0.39, 0.29) is 0 Å². The van der Waals surface area contributed by atoms with Crippen LogP contribution in [-0.2, 0) is 0 Å². The predicted molar refractivity (Wildman–Crippen MR) is 141 cm³/mol. The first kappa shape index (κ1) is 21.2. The Bertz CT molecular complexity index is 1370. The van der Waals surface area contributed by atoms with E-state index < -0.39 is 6.00 Å². The van der Waals surface area contributed by atoms with E-state index in [9.17, 15) is 0 Å². The van der Waals surface area contributed by atoms with Crippen LogP contribution >= 0.6 is 33.2 Å². The maximum atomic E-state index is 6.09. The van der Waals surface area contributed by atoms with Crippen molar-refractivity contribution < 1.29 is 0 Å². The molecule has 0 unspecified atom stereocenters. The van der Waals surface area contributed by atoms with Gasteiger partial charge in [0.25, 0.3) is 0 Å². The average Bonchev–Trinajstić information content (AvgIpc) is 2.83. The highest BCUT2D eigenvalue weighted by molar-refractivity contribution is 7.69. The van der Waals surface area contributed by atoms with Gasteiger partial charge in [-0.15, -0.1) is 33.2 Å². The van der Waals surface area contributed by atoms with E-state index in [4.69, 9.17) is 33.2 Å². The number of pyridine rings is 1. The summed E-state index contributed by atoms with van der Waals surface area (Å²) < 4.78 is 0. The van der Waals surface area contributed by atoms with Gasteiger partial charge in [-0.3, -0.25) is 4.98 Å². The zero-order valence-electron chi connectivity index (χ0n) is 17.0. The Morgan fingerprint density at radius 2 is 0.938 bits per heavy atom. The number of hydrogen-bond acceptors (Lipinski definition) is 1. The lowest BCUT2D eigenvalue weighted by atomic mass is 9.97. The molecule has 1 nitrogen and oxygen atoms in total. The van der Waals surface area contributed by atoms with Gasteiger partial charge >= 0.3 is 6.00 Å². The monoisotopic (exact) mass is 489 g/mol. The van der Waals surface area contributed by atoms with Gasteiger partial charge in [0.05, 0.1) is 5.52 Å². The molecular formula is C27H18Cl3NSi. The number of nitrogens with zero attached hydrogens (tertiary/aromatic N) is 1. The highest BCUT2D eigenvalue weighted by Crippen LogP contribution is 2.29. The van der Waals surface area contributed by atoms with Gasteiger partial charge < -0.3 is 0 Å². The molecule has 0 N–H and O–H groups in total. The molecule has 4 aromatic carbocycles. The zero-order valence-corrected chi connectivity index (χ0v) is 20.2. The maximum absolute atomic E-state index is 6.09. The van der Waals surface area contributed by atoms with Crippen molar-refractivity contribution in [3.63, 3.8) is 0 Å². The van der Waals surface area contributed by atoms with Crippen LogP contribution in [0.2, 0.25) is 0 Å². The third kappa shape index (κ3) is 4.46. The molecule has 1 heterocycles. The SMILES string of the molecule is Cl[Si](Cl)(Cl)c1ccc(-c2ccc(-c3ccc(-c4ccc5ncccc5c4)cc3)cc2)cc1. The fraction of sp³-hybridized carbons (Fsp3) is 0. The van der Waals surface area contributed by atoms with Crippen molar-refractivity contribution in [3.05, 3.63) is 109 Å². The quantitative estimate of drug-likeness (QED) is 0.183. The van der Waals surface area contributed by atoms with Crippen LogP contribution in [0.15, 0.2) is 109 Å². The predicted octanol–water partition coefficient (Wildman–Crippen LogP) is 8.10. The second kappa shape index (κ2) is 8.72. The molecule has 5 heteroatoms. The van der Waals surface area contributed by atoms with Crippen LogP contribution in [-0.4, -0.2) is 11.0 Å². The van der Waals surface area contributed by atoms with Gasteiger partial charge in [0.1, 0.15) is 0 Å². The summed E-state index contributed by atoms with van der Waals surface area (Å²) in [4.78, 5) is 4.40. The highest BCUT2D eigenvalue weighted by Gasteiger charge is 2.27. The van der Waals surface area contributed by atoms with Crippen molar-refractivity contribution in [2.75, 3.05) is 0 Å². The molecule has 0 fully saturated rings. The summed E-state index contributed by atoms with van der Waals surface area (Å²) in [5.74, 6) is 0. The summed E-state index contributed by atoms with van der Waals surface area (Å²) in [5, 5.41) is 1.94. The molecule has 156 valence electrons. The van der Waals surface area contributed by atoms with E-state index in [1.807, 2.05) is 36.5 Å². The first-order chi connectivity index (χ1) is 15.5. The topological polar surface area (TPSA) is 12.9 Å². The summed E-state index contributed by atoms with van der Waals surface area (Å²) >= 11 is 18.3. The highest BCUT2D eigenvalue weighted by atomic mass is 35.8. The number of benzene rings is 4. The van der Waals surface area contributed by atoms with Gasteiger partial charge in [0.2, 0.25) is 0 Å². The molecule has 32 heavy (non-hydrogen) atoms. The minimum Gasteiger partial charge on any atom is -0.256 e. The summed E-state index contributed by atoms with van der Waals surface area (Å²) in [7, 11) is 0. The van der Waals surface area contributed by atoms with Crippen LogP contribution < -0.4 is 5.19 Å². The van der Waals surface area contributed by atoms with E-state index in [0.29, 0.717) is 0 Å². The van der Waals surface area contributed by atoms with Gasteiger partial charge in [0, 0.05) is 11.6 Å². The Morgan fingerprint density at radius 1 is 0.500 bits per heavy atom. The lowest BCUT2D eigenvalue weighted by molar-refractivity contribution is 1.41. The standard InChI is InChI=1S/C27H18Cl3NSi/c28-32(29,30)26-14-11-22(12-15-26)21-5-3-19(4-6-21)20-7-9-23(10-8-20)24-13-16-27-25(18-24)2-1-17-31-27/h1-18H. The molecule has 0 bridgehead atoms. The molecule has 1 aromatic heterocycles. The molecule has 0 spiro atoms. The molecule has 0 aliphatic rings. The number of rotatable bonds is 4. The number of fused-ring (bicyclic) bond motifs is 1. The Hall–Kier alpha value is -2.62. The fourth-order valence-corrected chi connectivity index (χ4v) is 5.50. The molecule has 0 saturated carbocycles. The van der Waals surface area contributed by atoms with Crippen molar-refractivity contribution in [2.24, 2.45) is 0 Å². The smallest absolute Gasteiger partial charge is 0.256 e. The Kier molecular flexibility index (Phi) is 5.79.